The van der Waals surface area contributed by atoms with Crippen LogP contribution in [0.25, 0.3) is 5.69 Å². The van der Waals surface area contributed by atoms with Crippen LogP contribution in [0.2, 0.25) is 10.0 Å². The van der Waals surface area contributed by atoms with Crippen LogP contribution in [0.3, 0.4) is 0 Å². The Morgan fingerprint density at radius 1 is 1.05 bits per heavy atom. The molecule has 2 aliphatic rings. The van der Waals surface area contributed by atoms with Gasteiger partial charge in [-0.05, 0) is 39.0 Å². The summed E-state index contributed by atoms with van der Waals surface area (Å²) in [5.41, 5.74) is -1.41. The topological polar surface area (TPSA) is 95.4 Å². The van der Waals surface area contributed by atoms with E-state index in [1.165, 1.54) is 47.2 Å². The van der Waals surface area contributed by atoms with Gasteiger partial charge in [0, 0.05) is 50.7 Å². The fourth-order valence-electron chi connectivity index (χ4n) is 4.72. The highest BCUT2D eigenvalue weighted by molar-refractivity contribution is 6.34. The molecule has 5 rings (SSSR count). The first-order valence-electron chi connectivity index (χ1n) is 13.6. The lowest BCUT2D eigenvalue weighted by atomic mass is 10.1. The lowest BCUT2D eigenvalue weighted by molar-refractivity contribution is -0.141. The van der Waals surface area contributed by atoms with Crippen molar-refractivity contribution in [2.45, 2.75) is 51.5 Å². The summed E-state index contributed by atoms with van der Waals surface area (Å²) in [4.78, 5) is 28.7. The molecule has 44 heavy (non-hydrogen) atoms. The molecule has 0 N–H and O–H groups in total. The van der Waals surface area contributed by atoms with Gasteiger partial charge in [-0.25, -0.2) is 4.79 Å². The Morgan fingerprint density at radius 3 is 2.34 bits per heavy atom. The number of carbonyl (C=O) groups excluding carboxylic acids is 2. The average Bonchev–Trinajstić information content (AvgIpc) is 3.55. The molecule has 0 atom stereocenters. The average molecular weight is 657 g/mol. The standard InChI is InChI=1S/C29H29Cl2F3N4O6/c1-28(2,3)44-27(40)37-10-8-18(9-11-37)43-26-23(31)24(29(32,33)34)35-38(26)17-7-5-6-16(12-17)25(39)36(4)20-14-22-21(13-19(20)30)41-15-42-22/h5-7,12-14,18H,8-11,15H2,1-4H3. The van der Waals surface area contributed by atoms with Crippen molar-refractivity contribution in [3.05, 3.63) is 57.7 Å². The van der Waals surface area contributed by atoms with Crippen LogP contribution in [0, 0.1) is 0 Å². The van der Waals surface area contributed by atoms with Crippen molar-refractivity contribution in [3.63, 3.8) is 0 Å². The molecular weight excluding hydrogens is 628 g/mol. The summed E-state index contributed by atoms with van der Waals surface area (Å²) in [6, 6.07) is 8.96. The van der Waals surface area contributed by atoms with Gasteiger partial charge in [0.15, 0.2) is 17.2 Å². The largest absolute Gasteiger partial charge is 0.473 e. The minimum Gasteiger partial charge on any atom is -0.473 e. The smallest absolute Gasteiger partial charge is 0.436 e. The Bertz CT molecular complexity index is 1580. The van der Waals surface area contributed by atoms with Crippen molar-refractivity contribution < 1.29 is 41.7 Å². The van der Waals surface area contributed by atoms with Crippen LogP contribution >= 0.6 is 23.2 Å². The molecule has 2 aromatic carbocycles. The summed E-state index contributed by atoms with van der Waals surface area (Å²) in [6.07, 6.45) is -5.27. The number of carbonyl (C=O) groups is 2. The van der Waals surface area contributed by atoms with Gasteiger partial charge in [0.25, 0.3) is 5.91 Å². The van der Waals surface area contributed by atoms with Crippen molar-refractivity contribution in [1.29, 1.82) is 0 Å². The van der Waals surface area contributed by atoms with E-state index >= 15 is 0 Å². The Balaban J connectivity index is 1.40. The SMILES string of the molecule is CN(C(=O)c1cccc(-n2nc(C(F)(F)F)c(Cl)c2OC2CCN(C(=O)OC(C)(C)C)CC2)c1)c1cc2c(cc1Cl)OCO2. The summed E-state index contributed by atoms with van der Waals surface area (Å²) in [5, 5.41) is 3.26. The molecule has 0 spiro atoms. The van der Waals surface area contributed by atoms with Gasteiger partial charge in [0.1, 0.15) is 16.7 Å². The molecule has 2 amide bonds. The molecule has 2 aliphatic heterocycles. The number of fused-ring (bicyclic) bond motifs is 1. The first kappa shape index (κ1) is 31.6. The predicted octanol–water partition coefficient (Wildman–Crippen LogP) is 6.98. The Morgan fingerprint density at radius 2 is 1.70 bits per heavy atom. The minimum absolute atomic E-state index is 0.0222. The van der Waals surface area contributed by atoms with E-state index in [9.17, 15) is 22.8 Å². The van der Waals surface area contributed by atoms with E-state index < -0.39 is 40.6 Å². The van der Waals surface area contributed by atoms with Crippen LogP contribution in [-0.4, -0.2) is 65.3 Å². The van der Waals surface area contributed by atoms with E-state index in [0.29, 0.717) is 30.0 Å². The fraction of sp³-hybridized carbons (Fsp3) is 0.414. The highest BCUT2D eigenvalue weighted by Gasteiger charge is 2.41. The van der Waals surface area contributed by atoms with Gasteiger partial charge in [-0.15, -0.1) is 0 Å². The number of piperidine rings is 1. The summed E-state index contributed by atoms with van der Waals surface area (Å²) in [6.45, 7) is 5.85. The molecule has 3 aromatic rings. The van der Waals surface area contributed by atoms with Gasteiger partial charge in [0.2, 0.25) is 12.7 Å². The number of likely N-dealkylation sites (tertiary alicyclic amines) is 1. The van der Waals surface area contributed by atoms with Gasteiger partial charge < -0.3 is 28.7 Å². The van der Waals surface area contributed by atoms with Gasteiger partial charge in [-0.1, -0.05) is 29.3 Å². The molecule has 0 bridgehead atoms. The van der Waals surface area contributed by atoms with E-state index in [1.807, 2.05) is 0 Å². The summed E-state index contributed by atoms with van der Waals surface area (Å²) < 4.78 is 64.7. The Labute approximate surface area is 261 Å². The van der Waals surface area contributed by atoms with Gasteiger partial charge in [0.05, 0.1) is 16.4 Å². The third kappa shape index (κ3) is 6.63. The van der Waals surface area contributed by atoms with E-state index in [2.05, 4.69) is 5.10 Å². The Kier molecular flexibility index (Phi) is 8.56. The summed E-state index contributed by atoms with van der Waals surface area (Å²) in [5.74, 6) is 0.0356. The first-order valence-corrected chi connectivity index (χ1v) is 14.4. The second-order valence-corrected chi connectivity index (χ2v) is 12.0. The monoisotopic (exact) mass is 656 g/mol. The summed E-state index contributed by atoms with van der Waals surface area (Å²) in [7, 11) is 1.50. The number of benzene rings is 2. The quantitative estimate of drug-likeness (QED) is 0.292. The van der Waals surface area contributed by atoms with Crippen molar-refractivity contribution >= 4 is 40.9 Å². The van der Waals surface area contributed by atoms with Crippen molar-refractivity contribution in [1.82, 2.24) is 14.7 Å². The number of halogens is 5. The van der Waals surface area contributed by atoms with Crippen LogP contribution in [0.5, 0.6) is 17.4 Å². The van der Waals surface area contributed by atoms with E-state index in [0.717, 1.165) is 4.68 Å². The first-order chi connectivity index (χ1) is 20.6. The van der Waals surface area contributed by atoms with Crippen LogP contribution in [-0.2, 0) is 10.9 Å². The maximum Gasteiger partial charge on any atom is 0.436 e. The predicted molar refractivity (Wildman–Crippen MR) is 155 cm³/mol. The number of aromatic nitrogens is 2. The van der Waals surface area contributed by atoms with Crippen molar-refractivity contribution in [2.24, 2.45) is 0 Å². The molecule has 0 saturated carbocycles. The number of hydrogen-bond donors (Lipinski definition) is 0. The lowest BCUT2D eigenvalue weighted by Crippen LogP contribution is -2.44. The molecule has 1 aromatic heterocycles. The van der Waals surface area contributed by atoms with E-state index in [4.69, 9.17) is 42.1 Å². The van der Waals surface area contributed by atoms with Gasteiger partial charge in [-0.2, -0.15) is 23.0 Å². The number of amides is 2. The van der Waals surface area contributed by atoms with Crippen LogP contribution in [0.1, 0.15) is 49.7 Å². The zero-order chi connectivity index (χ0) is 32.0. The number of ether oxygens (including phenoxy) is 4. The normalized spacial score (nSPS) is 15.3. The molecule has 236 valence electrons. The van der Waals surface area contributed by atoms with Crippen molar-refractivity contribution in [2.75, 3.05) is 31.8 Å². The number of anilines is 1. The zero-order valence-corrected chi connectivity index (χ0v) is 25.7. The highest BCUT2D eigenvalue weighted by atomic mass is 35.5. The zero-order valence-electron chi connectivity index (χ0n) is 24.2. The molecule has 0 aliphatic carbocycles. The second-order valence-electron chi connectivity index (χ2n) is 11.2. The number of alkyl halides is 3. The third-order valence-corrected chi connectivity index (χ3v) is 7.52. The van der Waals surface area contributed by atoms with Crippen molar-refractivity contribution in [3.8, 4) is 23.1 Å². The summed E-state index contributed by atoms with van der Waals surface area (Å²) >= 11 is 12.6. The molecule has 1 saturated heterocycles. The van der Waals surface area contributed by atoms with Gasteiger partial charge in [-0.3, -0.25) is 4.79 Å². The minimum atomic E-state index is -4.87. The maximum absolute atomic E-state index is 13.9. The molecule has 0 unspecified atom stereocenters. The van der Waals surface area contributed by atoms with Gasteiger partial charge >= 0.3 is 12.3 Å². The third-order valence-electron chi connectivity index (χ3n) is 6.87. The molecule has 3 heterocycles. The molecule has 1 fully saturated rings. The Hall–Kier alpha value is -3.84. The van der Waals surface area contributed by atoms with Crippen LogP contribution in [0.15, 0.2) is 36.4 Å². The number of nitrogens with zero attached hydrogens (tertiary/aromatic N) is 4. The number of hydrogen-bond acceptors (Lipinski definition) is 7. The maximum atomic E-state index is 13.9. The molecule has 0 radical (unpaired) electrons. The van der Waals surface area contributed by atoms with Crippen LogP contribution in [0.4, 0.5) is 23.7 Å². The van der Waals surface area contributed by atoms with E-state index in [-0.39, 0.29) is 42.0 Å². The lowest BCUT2D eigenvalue weighted by Gasteiger charge is -2.33. The molecule has 15 heteroatoms. The fourth-order valence-corrected chi connectivity index (χ4v) is 5.27. The second kappa shape index (κ2) is 11.9. The number of rotatable bonds is 5. The highest BCUT2D eigenvalue weighted by Crippen LogP contribution is 2.42. The van der Waals surface area contributed by atoms with E-state index in [1.54, 1.807) is 26.8 Å². The van der Waals surface area contributed by atoms with Crippen LogP contribution < -0.4 is 19.1 Å². The molecule has 10 nitrogen and oxygen atoms in total. The molecular formula is C29H29Cl2F3N4O6.